The Labute approximate surface area is 173 Å². The number of benzene rings is 1. The molecule has 0 aromatic heterocycles. The third kappa shape index (κ3) is 6.64. The van der Waals surface area contributed by atoms with Gasteiger partial charge in [0.15, 0.2) is 6.29 Å². The second-order valence-corrected chi connectivity index (χ2v) is 7.26. The van der Waals surface area contributed by atoms with Crippen LogP contribution in [0.3, 0.4) is 0 Å². The molecular weight excluding hydrogens is 402 g/mol. The highest BCUT2D eigenvalue weighted by Gasteiger charge is 2.44. The fourth-order valence-corrected chi connectivity index (χ4v) is 3.03. The summed E-state index contributed by atoms with van der Waals surface area (Å²) in [5, 5.41) is 81.5. The molecule has 0 amide bonds. The largest absolute Gasteiger partial charge is 0.394 e. The molecule has 0 saturated carbocycles. The molecule has 1 heterocycles. The zero-order valence-corrected chi connectivity index (χ0v) is 16.3. The van der Waals surface area contributed by atoms with Crippen LogP contribution in [0.4, 0.5) is 0 Å². The molecular formula is C19H31NO10. The monoisotopic (exact) mass is 433 g/mol. The molecule has 9 N–H and O–H groups in total. The van der Waals surface area contributed by atoms with Gasteiger partial charge in [-0.25, -0.2) is 0 Å². The molecule has 1 aromatic rings. The van der Waals surface area contributed by atoms with E-state index in [0.29, 0.717) is 6.54 Å². The fourth-order valence-electron chi connectivity index (χ4n) is 3.03. The van der Waals surface area contributed by atoms with Crippen molar-refractivity contribution in [2.24, 2.45) is 0 Å². The Morgan fingerprint density at radius 2 is 1.53 bits per heavy atom. The van der Waals surface area contributed by atoms with Crippen molar-refractivity contribution >= 4 is 0 Å². The number of ether oxygens (including phenoxy) is 2. The third-order valence-electron chi connectivity index (χ3n) is 4.94. The standard InChI is InChI=1S/C19H31NO10/c21-8-13-16(26)17(27)18(28)19(30-13)29-9-12(23)15(25)14(24)11(22)7-20-6-10-4-2-1-3-5-10/h1-5,11-28H,6-9H2/t11?,12?,13-,14?,15?,16+,17+,18-,19-/m1/s1. The molecule has 30 heavy (non-hydrogen) atoms. The smallest absolute Gasteiger partial charge is 0.186 e. The van der Waals surface area contributed by atoms with E-state index in [1.807, 2.05) is 30.3 Å². The highest BCUT2D eigenvalue weighted by molar-refractivity contribution is 5.14. The maximum atomic E-state index is 10.1. The molecule has 0 bridgehead atoms. The Morgan fingerprint density at radius 3 is 2.17 bits per heavy atom. The third-order valence-corrected chi connectivity index (χ3v) is 4.94. The molecule has 1 aliphatic heterocycles. The van der Waals surface area contributed by atoms with E-state index in [4.69, 9.17) is 14.6 Å². The van der Waals surface area contributed by atoms with Gasteiger partial charge >= 0.3 is 0 Å². The van der Waals surface area contributed by atoms with Gasteiger partial charge in [0.1, 0.15) is 42.7 Å². The number of hydrogen-bond acceptors (Lipinski definition) is 11. The van der Waals surface area contributed by atoms with Crippen molar-refractivity contribution in [3.63, 3.8) is 0 Å². The van der Waals surface area contributed by atoms with Crippen LogP contribution in [0.2, 0.25) is 0 Å². The molecule has 1 aromatic carbocycles. The molecule has 11 nitrogen and oxygen atoms in total. The highest BCUT2D eigenvalue weighted by Crippen LogP contribution is 2.22. The summed E-state index contributed by atoms with van der Waals surface area (Å²) in [6.07, 6.45) is -14.0. The van der Waals surface area contributed by atoms with Gasteiger partial charge in [-0.05, 0) is 5.56 Å². The number of aliphatic hydroxyl groups is 8. The van der Waals surface area contributed by atoms with Gasteiger partial charge in [-0.1, -0.05) is 30.3 Å². The molecule has 4 unspecified atom stereocenters. The molecule has 2 rings (SSSR count). The molecule has 9 atom stereocenters. The summed E-state index contributed by atoms with van der Waals surface area (Å²) in [4.78, 5) is 0. The maximum Gasteiger partial charge on any atom is 0.186 e. The lowest BCUT2D eigenvalue weighted by Crippen LogP contribution is -2.59. The van der Waals surface area contributed by atoms with Crippen LogP contribution in [0, 0.1) is 0 Å². The van der Waals surface area contributed by atoms with Gasteiger partial charge in [0.05, 0.1) is 19.3 Å². The summed E-state index contributed by atoms with van der Waals surface area (Å²) in [6, 6.07) is 9.34. The SMILES string of the molecule is OC[C@H]1O[C@@H](OCC(O)C(O)C(O)C(O)CNCc2ccccc2)[C@H](O)[C@@H](O)[C@H]1O. The number of hydrogen-bond donors (Lipinski definition) is 9. The summed E-state index contributed by atoms with van der Waals surface area (Å²) < 4.78 is 10.2. The summed E-state index contributed by atoms with van der Waals surface area (Å²) in [6.45, 7) is -0.876. The van der Waals surface area contributed by atoms with Crippen LogP contribution in [0.15, 0.2) is 30.3 Å². The predicted octanol–water partition coefficient (Wildman–Crippen LogP) is -3.96. The normalized spacial score (nSPS) is 31.1. The van der Waals surface area contributed by atoms with Crippen molar-refractivity contribution in [1.29, 1.82) is 0 Å². The zero-order chi connectivity index (χ0) is 22.3. The molecule has 1 fully saturated rings. The average molecular weight is 433 g/mol. The van der Waals surface area contributed by atoms with Gasteiger partial charge < -0.3 is 55.6 Å². The Balaban J connectivity index is 1.77. The van der Waals surface area contributed by atoms with E-state index in [-0.39, 0.29) is 6.54 Å². The van der Waals surface area contributed by atoms with Gasteiger partial charge in [0.25, 0.3) is 0 Å². The zero-order valence-electron chi connectivity index (χ0n) is 16.3. The first-order valence-corrected chi connectivity index (χ1v) is 9.65. The molecule has 0 aliphatic carbocycles. The second-order valence-electron chi connectivity index (χ2n) is 7.26. The molecule has 1 aliphatic rings. The average Bonchev–Trinajstić information content (AvgIpc) is 2.76. The minimum absolute atomic E-state index is 0.0482. The first kappa shape index (κ1) is 25.0. The van der Waals surface area contributed by atoms with Crippen LogP contribution in [-0.4, -0.2) is 116 Å². The van der Waals surface area contributed by atoms with Crippen molar-refractivity contribution in [3.05, 3.63) is 35.9 Å². The molecule has 0 radical (unpaired) electrons. The van der Waals surface area contributed by atoms with Crippen LogP contribution in [0.5, 0.6) is 0 Å². The minimum atomic E-state index is -1.77. The minimum Gasteiger partial charge on any atom is -0.394 e. The lowest BCUT2D eigenvalue weighted by atomic mass is 9.99. The van der Waals surface area contributed by atoms with Crippen LogP contribution >= 0.6 is 0 Å². The molecule has 1 saturated heterocycles. The first-order chi connectivity index (χ1) is 14.3. The van der Waals surface area contributed by atoms with E-state index >= 15 is 0 Å². The van der Waals surface area contributed by atoms with Crippen molar-refractivity contribution in [3.8, 4) is 0 Å². The lowest BCUT2D eigenvalue weighted by molar-refractivity contribution is -0.306. The predicted molar refractivity (Wildman–Crippen MR) is 102 cm³/mol. The van der Waals surface area contributed by atoms with Crippen molar-refractivity contribution in [2.45, 2.75) is 61.7 Å². The number of aliphatic hydroxyl groups excluding tert-OH is 8. The number of nitrogens with one attached hydrogen (secondary N) is 1. The fraction of sp³-hybridized carbons (Fsp3) is 0.684. The van der Waals surface area contributed by atoms with Gasteiger partial charge in [-0.15, -0.1) is 0 Å². The van der Waals surface area contributed by atoms with Gasteiger partial charge in [-0.2, -0.15) is 0 Å². The van der Waals surface area contributed by atoms with E-state index in [9.17, 15) is 35.7 Å². The number of rotatable bonds is 11. The summed E-state index contributed by atoms with van der Waals surface area (Å²) in [7, 11) is 0. The van der Waals surface area contributed by atoms with Gasteiger partial charge in [0, 0.05) is 13.1 Å². The summed E-state index contributed by atoms with van der Waals surface area (Å²) >= 11 is 0. The maximum absolute atomic E-state index is 10.1. The summed E-state index contributed by atoms with van der Waals surface area (Å²) in [5.74, 6) is 0. The van der Waals surface area contributed by atoms with Crippen LogP contribution in [0.25, 0.3) is 0 Å². The Bertz CT molecular complexity index is 606. The second kappa shape index (κ2) is 12.0. The van der Waals surface area contributed by atoms with E-state index in [1.165, 1.54) is 0 Å². The molecule has 11 heteroatoms. The van der Waals surface area contributed by atoms with Crippen LogP contribution < -0.4 is 5.32 Å². The van der Waals surface area contributed by atoms with Crippen LogP contribution in [0.1, 0.15) is 5.56 Å². The van der Waals surface area contributed by atoms with Crippen molar-refractivity contribution in [1.82, 2.24) is 5.32 Å². The highest BCUT2D eigenvalue weighted by atomic mass is 16.7. The van der Waals surface area contributed by atoms with Crippen molar-refractivity contribution < 1.29 is 50.3 Å². The van der Waals surface area contributed by atoms with Gasteiger partial charge in [-0.3, -0.25) is 0 Å². The first-order valence-electron chi connectivity index (χ1n) is 9.65. The summed E-state index contributed by atoms with van der Waals surface area (Å²) in [5.41, 5.74) is 0.965. The van der Waals surface area contributed by atoms with E-state index in [2.05, 4.69) is 5.32 Å². The van der Waals surface area contributed by atoms with E-state index in [1.54, 1.807) is 0 Å². The quantitative estimate of drug-likeness (QED) is 0.165. The molecule has 172 valence electrons. The Morgan fingerprint density at radius 1 is 0.900 bits per heavy atom. The lowest BCUT2D eigenvalue weighted by Gasteiger charge is -2.40. The molecule has 0 spiro atoms. The topological polar surface area (TPSA) is 192 Å². The van der Waals surface area contributed by atoms with Gasteiger partial charge in [0.2, 0.25) is 0 Å². The van der Waals surface area contributed by atoms with Crippen LogP contribution in [-0.2, 0) is 16.0 Å². The Hall–Kier alpha value is -1.22. The van der Waals surface area contributed by atoms with E-state index < -0.39 is 68.3 Å². The van der Waals surface area contributed by atoms with E-state index in [0.717, 1.165) is 5.56 Å². The van der Waals surface area contributed by atoms with Crippen molar-refractivity contribution in [2.75, 3.05) is 19.8 Å². The Kier molecular flexibility index (Phi) is 10.0.